The van der Waals surface area contributed by atoms with Crippen LogP contribution in [0.4, 0.5) is 11.5 Å². The number of hydrogen-bond acceptors (Lipinski definition) is 4. The molecule has 1 aromatic heterocycles. The molecule has 0 aliphatic heterocycles. The van der Waals surface area contributed by atoms with Crippen molar-refractivity contribution in [1.29, 1.82) is 0 Å². The zero-order valence-electron chi connectivity index (χ0n) is 21.3. The first-order valence-corrected chi connectivity index (χ1v) is 13.9. The highest BCUT2D eigenvalue weighted by molar-refractivity contribution is 6.01. The van der Waals surface area contributed by atoms with Crippen LogP contribution in [-0.4, -0.2) is 30.5 Å². The summed E-state index contributed by atoms with van der Waals surface area (Å²) in [5.41, 5.74) is 2.07. The third-order valence-corrected chi connectivity index (χ3v) is 8.43. The van der Waals surface area contributed by atoms with Crippen LogP contribution in [0.3, 0.4) is 0 Å². The Morgan fingerprint density at radius 2 is 1.80 bits per heavy atom. The summed E-state index contributed by atoms with van der Waals surface area (Å²) in [5.74, 6) is 3.69. The summed E-state index contributed by atoms with van der Waals surface area (Å²) in [7, 11) is 0. The number of anilines is 2. The summed E-state index contributed by atoms with van der Waals surface area (Å²) >= 11 is 0. The van der Waals surface area contributed by atoms with Crippen molar-refractivity contribution in [3.63, 3.8) is 0 Å². The van der Waals surface area contributed by atoms with E-state index in [0.717, 1.165) is 72.6 Å². The van der Waals surface area contributed by atoms with Gasteiger partial charge in [-0.25, -0.2) is 4.98 Å². The number of carbonyl (C=O) groups is 1. The molecule has 4 aliphatic rings. The van der Waals surface area contributed by atoms with E-state index in [1.165, 1.54) is 44.9 Å². The van der Waals surface area contributed by atoms with E-state index in [-0.39, 0.29) is 11.3 Å². The lowest BCUT2D eigenvalue weighted by molar-refractivity contribution is -0.124. The third-order valence-electron chi connectivity index (χ3n) is 8.43. The van der Waals surface area contributed by atoms with Crippen LogP contribution < -0.4 is 16.0 Å². The predicted molar refractivity (Wildman–Crippen MR) is 146 cm³/mol. The number of carbonyl (C=O) groups excluding carboxylic acids is 1. The number of hydrogen-bond donors (Lipinski definition) is 3. The first-order chi connectivity index (χ1) is 17.1. The van der Waals surface area contributed by atoms with Gasteiger partial charge in [0.05, 0.1) is 11.2 Å². The lowest BCUT2D eigenvalue weighted by Crippen LogP contribution is -2.47. The van der Waals surface area contributed by atoms with Crippen molar-refractivity contribution in [3.05, 3.63) is 42.5 Å². The molecule has 1 heterocycles. The number of benzene rings is 1. The number of rotatable bonds is 12. The summed E-state index contributed by atoms with van der Waals surface area (Å²) in [6, 6.07) is 10.1. The minimum absolute atomic E-state index is 0.179. The summed E-state index contributed by atoms with van der Waals surface area (Å²) < 4.78 is 0. The second-order valence-corrected chi connectivity index (χ2v) is 11.5. The van der Waals surface area contributed by atoms with Crippen LogP contribution in [0.5, 0.6) is 0 Å². The monoisotopic (exact) mass is 474 g/mol. The number of nitrogens with zero attached hydrogens (tertiary/aromatic N) is 1. The maximum absolute atomic E-state index is 13.2. The van der Waals surface area contributed by atoms with Crippen molar-refractivity contribution < 1.29 is 4.79 Å². The fourth-order valence-electron chi connectivity index (χ4n) is 7.39. The van der Waals surface area contributed by atoms with E-state index >= 15 is 0 Å². The van der Waals surface area contributed by atoms with Gasteiger partial charge in [-0.2, -0.15) is 0 Å². The molecular weight excluding hydrogens is 432 g/mol. The second-order valence-electron chi connectivity index (χ2n) is 11.5. The molecule has 188 valence electrons. The molecule has 4 fully saturated rings. The molecule has 5 nitrogen and oxygen atoms in total. The summed E-state index contributed by atoms with van der Waals surface area (Å²) in [4.78, 5) is 18.0. The molecule has 0 unspecified atom stereocenters. The van der Waals surface area contributed by atoms with Crippen molar-refractivity contribution in [2.24, 2.45) is 23.2 Å². The molecule has 0 atom stereocenters. The number of fused-ring (bicyclic) bond motifs is 1. The molecule has 4 aliphatic carbocycles. The van der Waals surface area contributed by atoms with Crippen LogP contribution in [0, 0.1) is 23.2 Å². The van der Waals surface area contributed by atoms with E-state index < -0.39 is 0 Å². The Bertz CT molecular complexity index is 1010. The smallest absolute Gasteiger partial charge is 0.224 e. The Kier molecular flexibility index (Phi) is 7.72. The standard InChI is InChI=1S/C30H42N4O/c1-2-3-4-5-12-31-13-7-14-32-28-11-10-25-26(33-28)8-6-9-27(25)34-29(35)21-30-18-22-15-23(19-30)17-24(16-22)20-30/h4-6,8-11,22-24,31H,2-3,7,12-21H2,1H3,(H,32,33)(H,34,35)/b5-4+. The molecule has 6 rings (SSSR count). The molecule has 5 heteroatoms. The van der Waals surface area contributed by atoms with Crippen LogP contribution in [0.1, 0.15) is 71.1 Å². The van der Waals surface area contributed by atoms with Gasteiger partial charge in [0.2, 0.25) is 5.91 Å². The zero-order chi connectivity index (χ0) is 24.1. The van der Waals surface area contributed by atoms with Gasteiger partial charge in [0.1, 0.15) is 5.82 Å². The first-order valence-electron chi connectivity index (χ1n) is 13.9. The molecule has 0 saturated heterocycles. The van der Waals surface area contributed by atoms with Gasteiger partial charge in [-0.3, -0.25) is 4.79 Å². The van der Waals surface area contributed by atoms with Gasteiger partial charge in [-0.15, -0.1) is 0 Å². The lowest BCUT2D eigenvalue weighted by atomic mass is 9.49. The van der Waals surface area contributed by atoms with E-state index in [4.69, 9.17) is 4.98 Å². The predicted octanol–water partition coefficient (Wildman–Crippen LogP) is 6.53. The van der Waals surface area contributed by atoms with E-state index in [2.05, 4.69) is 41.1 Å². The van der Waals surface area contributed by atoms with E-state index in [1.54, 1.807) is 0 Å². The fraction of sp³-hybridized carbons (Fsp3) is 0.600. The highest BCUT2D eigenvalue weighted by atomic mass is 16.1. The van der Waals surface area contributed by atoms with Gasteiger partial charge in [-0.05, 0) is 105 Å². The fourth-order valence-corrected chi connectivity index (χ4v) is 7.39. The van der Waals surface area contributed by atoms with Crippen molar-refractivity contribution in [2.75, 3.05) is 30.3 Å². The molecule has 4 bridgehead atoms. The Morgan fingerprint density at radius 3 is 2.54 bits per heavy atom. The van der Waals surface area contributed by atoms with E-state index in [0.29, 0.717) is 6.42 Å². The zero-order valence-corrected chi connectivity index (χ0v) is 21.3. The van der Waals surface area contributed by atoms with Gasteiger partial charge in [0.15, 0.2) is 0 Å². The van der Waals surface area contributed by atoms with Gasteiger partial charge >= 0.3 is 0 Å². The quantitative estimate of drug-likeness (QED) is 0.242. The highest BCUT2D eigenvalue weighted by Gasteiger charge is 2.51. The Morgan fingerprint density at radius 1 is 1.03 bits per heavy atom. The van der Waals surface area contributed by atoms with Crippen molar-refractivity contribution in [2.45, 2.75) is 71.1 Å². The van der Waals surface area contributed by atoms with Crippen LogP contribution in [0.25, 0.3) is 10.9 Å². The molecule has 0 radical (unpaired) electrons. The Hall–Kier alpha value is -2.40. The second kappa shape index (κ2) is 11.1. The largest absolute Gasteiger partial charge is 0.370 e. The molecular formula is C30H42N4O. The Balaban J connectivity index is 1.13. The lowest BCUT2D eigenvalue weighted by Gasteiger charge is -2.56. The van der Waals surface area contributed by atoms with Crippen LogP contribution in [0.2, 0.25) is 0 Å². The minimum atomic E-state index is 0.179. The van der Waals surface area contributed by atoms with E-state index in [9.17, 15) is 4.79 Å². The molecule has 0 spiro atoms. The third kappa shape index (κ3) is 6.06. The molecule has 35 heavy (non-hydrogen) atoms. The highest BCUT2D eigenvalue weighted by Crippen LogP contribution is 2.61. The number of nitrogens with one attached hydrogen (secondary N) is 3. The molecule has 2 aromatic rings. The van der Waals surface area contributed by atoms with Crippen molar-refractivity contribution in [3.8, 4) is 0 Å². The number of aromatic nitrogens is 1. The molecule has 3 N–H and O–H groups in total. The van der Waals surface area contributed by atoms with Crippen molar-refractivity contribution >= 4 is 28.3 Å². The number of unbranched alkanes of at least 4 members (excludes halogenated alkanes) is 1. The Labute approximate surface area is 210 Å². The summed E-state index contributed by atoms with van der Waals surface area (Å²) in [5, 5.41) is 11.1. The molecule has 1 aromatic carbocycles. The number of amides is 1. The first kappa shape index (κ1) is 24.3. The van der Waals surface area contributed by atoms with Crippen LogP contribution >= 0.6 is 0 Å². The SMILES string of the molecule is CCC/C=C/CNCCCNc1ccc2c(NC(=O)CC34CC5CC(CC(C5)C3)C4)cccc2n1. The molecule has 1 amide bonds. The van der Waals surface area contributed by atoms with E-state index in [1.807, 2.05) is 24.3 Å². The van der Waals surface area contributed by atoms with Crippen LogP contribution in [-0.2, 0) is 4.79 Å². The summed E-state index contributed by atoms with van der Waals surface area (Å²) in [6.07, 6.45) is 16.6. The van der Waals surface area contributed by atoms with Gasteiger partial charge in [0, 0.05) is 24.9 Å². The van der Waals surface area contributed by atoms with Crippen molar-refractivity contribution in [1.82, 2.24) is 10.3 Å². The maximum atomic E-state index is 13.2. The van der Waals surface area contributed by atoms with Gasteiger partial charge in [-0.1, -0.05) is 31.6 Å². The molecule has 4 saturated carbocycles. The number of pyridine rings is 1. The minimum Gasteiger partial charge on any atom is -0.370 e. The maximum Gasteiger partial charge on any atom is 0.224 e. The van der Waals surface area contributed by atoms with Gasteiger partial charge in [0.25, 0.3) is 0 Å². The van der Waals surface area contributed by atoms with Crippen LogP contribution in [0.15, 0.2) is 42.5 Å². The average Bonchev–Trinajstić information content (AvgIpc) is 2.82. The summed E-state index contributed by atoms with van der Waals surface area (Å²) in [6.45, 7) is 5.00. The van der Waals surface area contributed by atoms with Gasteiger partial charge < -0.3 is 16.0 Å². The average molecular weight is 475 g/mol. The topological polar surface area (TPSA) is 66.0 Å². The number of allylic oxidation sites excluding steroid dienone is 1. The normalized spacial score (nSPS) is 27.1.